The number of carbonyl (C=O) groups excluding carboxylic acids is 2. The van der Waals surface area contributed by atoms with E-state index in [1.807, 2.05) is 0 Å². The molecule has 0 aromatic carbocycles. The number of thiophene rings is 1. The van der Waals surface area contributed by atoms with Crippen LogP contribution < -0.4 is 11.1 Å². The number of aryl methyl sites for hydroxylation is 2. The van der Waals surface area contributed by atoms with E-state index in [0.29, 0.717) is 22.2 Å². The van der Waals surface area contributed by atoms with Gasteiger partial charge in [0.05, 0.1) is 34.5 Å². The van der Waals surface area contributed by atoms with Crippen molar-refractivity contribution in [2.75, 3.05) is 5.32 Å². The Labute approximate surface area is 205 Å². The Morgan fingerprint density at radius 2 is 2.03 bits per heavy atom. The summed E-state index contributed by atoms with van der Waals surface area (Å²) < 4.78 is 31.2. The zero-order valence-corrected chi connectivity index (χ0v) is 20.7. The van der Waals surface area contributed by atoms with Crippen LogP contribution in [0.1, 0.15) is 34.4 Å². The molecule has 0 aliphatic carbocycles. The van der Waals surface area contributed by atoms with Crippen LogP contribution in [-0.4, -0.2) is 36.4 Å². The number of pyridine rings is 1. The molecular formula is C21H20BrF2N7O2S. The van der Waals surface area contributed by atoms with Crippen molar-refractivity contribution < 1.29 is 18.4 Å². The Morgan fingerprint density at radius 1 is 1.29 bits per heavy atom. The van der Waals surface area contributed by atoms with Crippen LogP contribution in [0, 0.1) is 12.8 Å². The summed E-state index contributed by atoms with van der Waals surface area (Å²) in [7, 11) is 1.71. The normalized spacial score (nSPS) is 12.4. The molecule has 1 unspecified atom stereocenters. The van der Waals surface area contributed by atoms with Crippen LogP contribution >= 0.6 is 27.3 Å². The lowest BCUT2D eigenvalue weighted by atomic mass is 10.0. The molecule has 13 heteroatoms. The second kappa shape index (κ2) is 9.22. The van der Waals surface area contributed by atoms with Gasteiger partial charge >= 0.3 is 0 Å². The van der Waals surface area contributed by atoms with E-state index < -0.39 is 23.9 Å². The predicted molar refractivity (Wildman–Crippen MR) is 128 cm³/mol. The van der Waals surface area contributed by atoms with Crippen molar-refractivity contribution >= 4 is 55.0 Å². The molecule has 4 heterocycles. The molecule has 178 valence electrons. The highest BCUT2D eigenvalue weighted by Crippen LogP contribution is 2.43. The highest BCUT2D eigenvalue weighted by atomic mass is 79.9. The fraction of sp³-hybridized carbons (Fsp3) is 0.286. The first-order valence-corrected chi connectivity index (χ1v) is 11.7. The summed E-state index contributed by atoms with van der Waals surface area (Å²) in [5.41, 5.74) is 6.85. The van der Waals surface area contributed by atoms with Crippen LogP contribution in [0.2, 0.25) is 0 Å². The first kappa shape index (κ1) is 24.0. The minimum Gasteiger partial charge on any atom is -0.365 e. The van der Waals surface area contributed by atoms with Crippen molar-refractivity contribution in [2.24, 2.45) is 18.7 Å². The van der Waals surface area contributed by atoms with Crippen molar-refractivity contribution in [3.05, 3.63) is 45.4 Å². The van der Waals surface area contributed by atoms with E-state index in [1.54, 1.807) is 48.8 Å². The Hall–Kier alpha value is -3.19. The average molecular weight is 552 g/mol. The molecular weight excluding hydrogens is 532 g/mol. The predicted octanol–water partition coefficient (Wildman–Crippen LogP) is 4.28. The Morgan fingerprint density at radius 3 is 2.59 bits per heavy atom. The fourth-order valence-corrected chi connectivity index (χ4v) is 4.99. The smallest absolute Gasteiger partial charge is 0.280 e. The maximum Gasteiger partial charge on any atom is 0.280 e. The summed E-state index contributed by atoms with van der Waals surface area (Å²) >= 11 is 4.17. The molecule has 0 fully saturated rings. The van der Waals surface area contributed by atoms with Crippen LogP contribution in [0.4, 0.5) is 14.5 Å². The Kier molecular flexibility index (Phi) is 6.49. The molecule has 3 N–H and O–H groups in total. The molecule has 4 aromatic rings. The Balaban J connectivity index is 1.84. The van der Waals surface area contributed by atoms with E-state index in [0.717, 1.165) is 15.8 Å². The van der Waals surface area contributed by atoms with Gasteiger partial charge in [-0.25, -0.2) is 13.8 Å². The highest BCUT2D eigenvalue weighted by Gasteiger charge is 2.27. The number of amides is 2. The number of halogens is 3. The molecule has 0 bridgehead atoms. The number of aromatic nitrogens is 5. The number of anilines is 1. The van der Waals surface area contributed by atoms with Gasteiger partial charge in [-0.05, 0) is 34.5 Å². The lowest BCUT2D eigenvalue weighted by Gasteiger charge is -2.14. The summed E-state index contributed by atoms with van der Waals surface area (Å²) in [6, 6.07) is 1.26. The van der Waals surface area contributed by atoms with Gasteiger partial charge in [0, 0.05) is 30.4 Å². The van der Waals surface area contributed by atoms with Crippen molar-refractivity contribution in [3.63, 3.8) is 0 Å². The monoisotopic (exact) mass is 551 g/mol. The number of rotatable bonds is 7. The SMILES string of the molecule is Cc1nn(C)cc1-c1cc(C(F)F)nc2sc(C(N)=O)c(NC(=O)C(C)Cn3cc(Br)cn3)c12. The molecule has 9 nitrogen and oxygen atoms in total. The second-order valence-electron chi connectivity index (χ2n) is 7.82. The van der Waals surface area contributed by atoms with Crippen molar-refractivity contribution in [1.82, 2.24) is 24.5 Å². The van der Waals surface area contributed by atoms with Gasteiger partial charge in [-0.2, -0.15) is 10.2 Å². The number of primary amides is 1. The number of nitrogens with two attached hydrogens (primary N) is 1. The largest absolute Gasteiger partial charge is 0.365 e. The third-order valence-electron chi connectivity index (χ3n) is 5.19. The summed E-state index contributed by atoms with van der Waals surface area (Å²) in [5.74, 6) is -1.71. The van der Waals surface area contributed by atoms with Gasteiger partial charge in [-0.3, -0.25) is 19.0 Å². The Bertz CT molecular complexity index is 1410. The molecule has 4 rings (SSSR count). The number of carbonyl (C=O) groups is 2. The van der Waals surface area contributed by atoms with Crippen LogP contribution in [0.5, 0.6) is 0 Å². The summed E-state index contributed by atoms with van der Waals surface area (Å²) in [6.07, 6.45) is 2.20. The van der Waals surface area contributed by atoms with Gasteiger partial charge in [-0.15, -0.1) is 11.3 Å². The minimum absolute atomic E-state index is 0.0269. The maximum absolute atomic E-state index is 13.6. The van der Waals surface area contributed by atoms with E-state index in [9.17, 15) is 18.4 Å². The van der Waals surface area contributed by atoms with E-state index in [4.69, 9.17) is 5.73 Å². The molecule has 0 saturated carbocycles. The molecule has 0 radical (unpaired) electrons. The molecule has 0 aliphatic heterocycles. The van der Waals surface area contributed by atoms with Gasteiger partial charge < -0.3 is 11.1 Å². The van der Waals surface area contributed by atoms with E-state index in [-0.39, 0.29) is 27.8 Å². The summed E-state index contributed by atoms with van der Waals surface area (Å²) in [4.78, 5) is 29.6. The average Bonchev–Trinajstić information content (AvgIpc) is 3.44. The van der Waals surface area contributed by atoms with Crippen molar-refractivity contribution in [1.29, 1.82) is 0 Å². The van der Waals surface area contributed by atoms with Gasteiger partial charge in [-0.1, -0.05) is 6.92 Å². The molecule has 0 aliphatic rings. The van der Waals surface area contributed by atoms with Gasteiger partial charge in [0.25, 0.3) is 12.3 Å². The lowest BCUT2D eigenvalue weighted by molar-refractivity contribution is -0.119. The molecule has 2 amide bonds. The summed E-state index contributed by atoms with van der Waals surface area (Å²) in [5, 5.41) is 11.6. The quantitative estimate of drug-likeness (QED) is 0.355. The van der Waals surface area contributed by atoms with Crippen molar-refractivity contribution in [2.45, 2.75) is 26.8 Å². The first-order valence-electron chi connectivity index (χ1n) is 10.1. The van der Waals surface area contributed by atoms with Crippen LogP contribution in [0.3, 0.4) is 0 Å². The van der Waals surface area contributed by atoms with Gasteiger partial charge in [0.2, 0.25) is 5.91 Å². The van der Waals surface area contributed by atoms with Crippen molar-refractivity contribution in [3.8, 4) is 11.1 Å². The number of fused-ring (bicyclic) bond motifs is 1. The fourth-order valence-electron chi connectivity index (χ4n) is 3.65. The standard InChI is InChI=1S/C21H20BrF2N7O2S/c1-9(6-31-7-11(22)5-26-31)20(33)28-16-15-12(13-8-30(3)29-10(13)2)4-14(18(23)24)27-21(15)34-17(16)19(25)32/h4-5,7-9,18H,6H2,1-3H3,(H2,25,32)(H,28,33). The molecule has 0 saturated heterocycles. The first-order chi connectivity index (χ1) is 16.0. The number of nitrogens with zero attached hydrogens (tertiary/aromatic N) is 5. The van der Waals surface area contributed by atoms with Gasteiger partial charge in [0.1, 0.15) is 15.4 Å². The number of alkyl halides is 2. The molecule has 0 spiro atoms. The zero-order valence-electron chi connectivity index (χ0n) is 18.3. The third kappa shape index (κ3) is 4.57. The van der Waals surface area contributed by atoms with E-state index >= 15 is 0 Å². The summed E-state index contributed by atoms with van der Waals surface area (Å²) in [6.45, 7) is 3.74. The van der Waals surface area contributed by atoms with Crippen LogP contribution in [0.15, 0.2) is 29.1 Å². The van der Waals surface area contributed by atoms with Gasteiger partial charge in [0.15, 0.2) is 0 Å². The highest BCUT2D eigenvalue weighted by molar-refractivity contribution is 9.10. The van der Waals surface area contributed by atoms with E-state index in [2.05, 4.69) is 36.4 Å². The number of hydrogen-bond donors (Lipinski definition) is 2. The molecule has 1 atom stereocenters. The van der Waals surface area contributed by atoms with E-state index in [1.165, 1.54) is 6.07 Å². The lowest BCUT2D eigenvalue weighted by Crippen LogP contribution is -2.25. The molecule has 34 heavy (non-hydrogen) atoms. The minimum atomic E-state index is -2.83. The maximum atomic E-state index is 13.6. The second-order valence-corrected chi connectivity index (χ2v) is 9.73. The number of nitrogens with one attached hydrogen (secondary N) is 1. The van der Waals surface area contributed by atoms with Crippen LogP contribution in [-0.2, 0) is 18.4 Å². The third-order valence-corrected chi connectivity index (χ3v) is 6.70. The topological polar surface area (TPSA) is 121 Å². The van der Waals surface area contributed by atoms with Crippen LogP contribution in [0.25, 0.3) is 21.3 Å². The zero-order chi connectivity index (χ0) is 24.7. The molecule has 4 aromatic heterocycles. The number of hydrogen-bond acceptors (Lipinski definition) is 6.